The molecule has 3 N–H and O–H groups in total. The van der Waals surface area contributed by atoms with E-state index in [9.17, 15) is 27.6 Å². The molecule has 162 valence electrons. The summed E-state index contributed by atoms with van der Waals surface area (Å²) in [7, 11) is 0. The molecule has 2 rings (SSSR count). The highest BCUT2D eigenvalue weighted by molar-refractivity contribution is 7.16. The first-order valence-corrected chi connectivity index (χ1v) is 9.61. The van der Waals surface area contributed by atoms with E-state index in [0.29, 0.717) is 6.42 Å². The van der Waals surface area contributed by atoms with E-state index in [1.54, 1.807) is 6.07 Å². The zero-order valence-electron chi connectivity index (χ0n) is 16.0. The Morgan fingerprint density at radius 1 is 1.20 bits per heavy atom. The molecule has 1 unspecified atom stereocenters. The number of hydrogen-bond acceptors (Lipinski definition) is 6. The fourth-order valence-electron chi connectivity index (χ4n) is 2.35. The molecule has 0 fully saturated rings. The van der Waals surface area contributed by atoms with E-state index in [4.69, 9.17) is 5.11 Å². The number of aryl methyl sites for hydroxylation is 1. The number of amides is 1. The quantitative estimate of drug-likeness (QED) is 0.512. The van der Waals surface area contributed by atoms with Gasteiger partial charge >= 0.3 is 12.3 Å². The molecular weight excluding hydrogens is 425 g/mol. The van der Waals surface area contributed by atoms with Gasteiger partial charge in [0.05, 0.1) is 12.1 Å². The number of halogens is 3. The van der Waals surface area contributed by atoms with Crippen LogP contribution in [0.2, 0.25) is 0 Å². The molecule has 1 amide bonds. The first-order valence-electron chi connectivity index (χ1n) is 8.79. The summed E-state index contributed by atoms with van der Waals surface area (Å²) in [5.74, 6) is -2.57. The fraction of sp³-hybridized carbons (Fsp3) is 0.316. The van der Waals surface area contributed by atoms with Gasteiger partial charge in [0.15, 0.2) is 5.78 Å². The maximum Gasteiger partial charge on any atom is 0.573 e. The Bertz CT molecular complexity index is 925. The molecule has 0 radical (unpaired) electrons. The van der Waals surface area contributed by atoms with Crippen LogP contribution in [-0.4, -0.2) is 41.7 Å². The van der Waals surface area contributed by atoms with Crippen molar-refractivity contribution in [3.05, 3.63) is 46.3 Å². The number of thiophene rings is 1. The molecule has 1 heterocycles. The molecule has 1 aromatic heterocycles. The molecule has 0 saturated heterocycles. The highest BCUT2D eigenvalue weighted by Crippen LogP contribution is 2.31. The highest BCUT2D eigenvalue weighted by atomic mass is 32.1. The Balaban J connectivity index is 2.16. The molecular formula is C19H19F3N2O5S. The second-order valence-corrected chi connectivity index (χ2v) is 7.34. The van der Waals surface area contributed by atoms with Gasteiger partial charge in [0, 0.05) is 10.4 Å². The summed E-state index contributed by atoms with van der Waals surface area (Å²) in [6.07, 6.45) is -4.23. The van der Waals surface area contributed by atoms with Crippen molar-refractivity contribution >= 4 is 34.0 Å². The van der Waals surface area contributed by atoms with Crippen LogP contribution in [0.1, 0.15) is 34.6 Å². The molecule has 1 atom stereocenters. The second-order valence-electron chi connectivity index (χ2n) is 6.20. The summed E-state index contributed by atoms with van der Waals surface area (Å²) in [5.41, 5.74) is 0.319. The Morgan fingerprint density at radius 2 is 1.83 bits per heavy atom. The number of aliphatic carboxylic acids is 1. The van der Waals surface area contributed by atoms with E-state index in [1.807, 2.05) is 6.92 Å². The number of carboxylic acids is 1. The monoisotopic (exact) mass is 444 g/mol. The van der Waals surface area contributed by atoms with E-state index in [2.05, 4.69) is 15.4 Å². The predicted molar refractivity (Wildman–Crippen MR) is 104 cm³/mol. The fourth-order valence-corrected chi connectivity index (χ4v) is 3.35. The van der Waals surface area contributed by atoms with Crippen LogP contribution >= 0.6 is 11.3 Å². The molecule has 1 aromatic carbocycles. The van der Waals surface area contributed by atoms with E-state index in [1.165, 1.54) is 30.4 Å². The largest absolute Gasteiger partial charge is 0.573 e. The van der Waals surface area contributed by atoms with E-state index < -0.39 is 35.8 Å². The molecule has 0 aliphatic carbocycles. The van der Waals surface area contributed by atoms with Crippen molar-refractivity contribution in [2.75, 3.05) is 11.9 Å². The van der Waals surface area contributed by atoms with Gasteiger partial charge in [-0.05, 0) is 43.7 Å². The van der Waals surface area contributed by atoms with E-state index in [0.717, 1.165) is 17.0 Å². The van der Waals surface area contributed by atoms with Crippen LogP contribution in [0.5, 0.6) is 5.75 Å². The molecule has 0 aliphatic heterocycles. The number of ether oxygens (including phenoxy) is 1. The van der Waals surface area contributed by atoms with Crippen molar-refractivity contribution in [1.82, 2.24) is 5.32 Å². The third kappa shape index (κ3) is 6.56. The van der Waals surface area contributed by atoms with Crippen LogP contribution < -0.4 is 15.4 Å². The van der Waals surface area contributed by atoms with E-state index in [-0.39, 0.29) is 22.7 Å². The van der Waals surface area contributed by atoms with Crippen molar-refractivity contribution in [2.24, 2.45) is 0 Å². The average molecular weight is 444 g/mol. The minimum absolute atomic E-state index is 0.123. The number of carbonyl (C=O) groups excluding carboxylic acids is 2. The number of nitrogens with one attached hydrogen (secondary N) is 2. The normalized spacial score (nSPS) is 12.3. The maximum atomic E-state index is 12.8. The number of benzene rings is 1. The number of ketones is 1. The van der Waals surface area contributed by atoms with Gasteiger partial charge in [-0.25, -0.2) is 0 Å². The summed E-state index contributed by atoms with van der Waals surface area (Å²) in [4.78, 5) is 36.6. The Kier molecular flexibility index (Phi) is 7.57. The molecule has 0 saturated carbocycles. The SMILES string of the molecule is CCc1cc(C(=O)c2ccc(OC(F)(F)F)cc2)c(NC(=O)CNC(C)C(=O)O)s1. The van der Waals surface area contributed by atoms with Crippen LogP contribution in [0.15, 0.2) is 30.3 Å². The predicted octanol–water partition coefficient (Wildman–Crippen LogP) is 3.44. The molecule has 0 spiro atoms. The molecule has 30 heavy (non-hydrogen) atoms. The van der Waals surface area contributed by atoms with Gasteiger partial charge < -0.3 is 15.2 Å². The zero-order valence-corrected chi connectivity index (χ0v) is 16.8. The third-order valence-electron chi connectivity index (χ3n) is 3.92. The number of carbonyl (C=O) groups is 3. The van der Waals surface area contributed by atoms with Crippen LogP contribution in [0, 0.1) is 0 Å². The molecule has 0 aliphatic rings. The summed E-state index contributed by atoms with van der Waals surface area (Å²) < 4.78 is 40.6. The summed E-state index contributed by atoms with van der Waals surface area (Å²) in [6.45, 7) is 2.98. The Hall–Kier alpha value is -2.92. The topological polar surface area (TPSA) is 105 Å². The van der Waals surface area contributed by atoms with Gasteiger partial charge in [-0.15, -0.1) is 24.5 Å². The number of rotatable bonds is 9. The van der Waals surface area contributed by atoms with Gasteiger partial charge in [-0.1, -0.05) is 6.92 Å². The highest BCUT2D eigenvalue weighted by Gasteiger charge is 2.31. The lowest BCUT2D eigenvalue weighted by Gasteiger charge is -2.10. The summed E-state index contributed by atoms with van der Waals surface area (Å²) in [6, 6.07) is 5.15. The van der Waals surface area contributed by atoms with Crippen LogP contribution in [-0.2, 0) is 16.0 Å². The van der Waals surface area contributed by atoms with Crippen molar-refractivity contribution in [1.29, 1.82) is 0 Å². The van der Waals surface area contributed by atoms with Crippen molar-refractivity contribution in [2.45, 2.75) is 32.7 Å². The first-order chi connectivity index (χ1) is 14.0. The van der Waals surface area contributed by atoms with Crippen molar-refractivity contribution in [3.8, 4) is 5.75 Å². The number of hydrogen-bond donors (Lipinski definition) is 3. The number of anilines is 1. The first kappa shape index (κ1) is 23.4. The van der Waals surface area contributed by atoms with Crippen LogP contribution in [0.25, 0.3) is 0 Å². The Morgan fingerprint density at radius 3 is 2.37 bits per heavy atom. The van der Waals surface area contributed by atoms with Crippen LogP contribution in [0.4, 0.5) is 18.2 Å². The number of carboxylic acid groups (broad SMARTS) is 1. The van der Waals surface area contributed by atoms with Gasteiger partial charge in [0.2, 0.25) is 5.91 Å². The molecule has 7 nitrogen and oxygen atoms in total. The van der Waals surface area contributed by atoms with Gasteiger partial charge in [0.1, 0.15) is 16.8 Å². The molecule has 0 bridgehead atoms. The van der Waals surface area contributed by atoms with Gasteiger partial charge in [-0.3, -0.25) is 19.7 Å². The summed E-state index contributed by atoms with van der Waals surface area (Å²) >= 11 is 1.19. The zero-order chi connectivity index (χ0) is 22.5. The van der Waals surface area contributed by atoms with Crippen molar-refractivity contribution < 1.29 is 37.4 Å². The van der Waals surface area contributed by atoms with Crippen LogP contribution in [0.3, 0.4) is 0 Å². The minimum atomic E-state index is -4.83. The second kappa shape index (κ2) is 9.72. The maximum absolute atomic E-state index is 12.8. The Labute approximate surface area is 173 Å². The molecule has 2 aromatic rings. The smallest absolute Gasteiger partial charge is 0.480 e. The lowest BCUT2D eigenvalue weighted by molar-refractivity contribution is -0.274. The van der Waals surface area contributed by atoms with E-state index >= 15 is 0 Å². The van der Waals surface area contributed by atoms with Gasteiger partial charge in [-0.2, -0.15) is 0 Å². The minimum Gasteiger partial charge on any atom is -0.480 e. The van der Waals surface area contributed by atoms with Gasteiger partial charge in [0.25, 0.3) is 0 Å². The lowest BCUT2D eigenvalue weighted by atomic mass is 10.0. The standard InChI is InChI=1S/C19H19F3N2O5S/c1-3-13-8-14(17(30-13)24-15(25)9-23-10(2)18(27)28)16(26)11-4-6-12(7-5-11)29-19(20,21)22/h4-8,10,23H,3,9H2,1-2H3,(H,24,25)(H,27,28). The average Bonchev–Trinajstić information content (AvgIpc) is 3.07. The lowest BCUT2D eigenvalue weighted by Crippen LogP contribution is -2.39. The number of alkyl halides is 3. The van der Waals surface area contributed by atoms with Crippen molar-refractivity contribution in [3.63, 3.8) is 0 Å². The molecule has 11 heteroatoms. The third-order valence-corrected chi connectivity index (χ3v) is 5.11. The summed E-state index contributed by atoms with van der Waals surface area (Å²) in [5, 5.41) is 14.2.